The first-order valence-electron chi connectivity index (χ1n) is 6.80. The Labute approximate surface area is 113 Å². The molecule has 1 amide bonds. The fourth-order valence-electron chi connectivity index (χ4n) is 2.64. The van der Waals surface area contributed by atoms with Crippen molar-refractivity contribution in [1.29, 1.82) is 0 Å². The van der Waals surface area contributed by atoms with Crippen LogP contribution in [-0.4, -0.2) is 47.2 Å². The van der Waals surface area contributed by atoms with E-state index in [1.165, 1.54) is 18.4 Å². The van der Waals surface area contributed by atoms with Crippen molar-refractivity contribution in [2.24, 2.45) is 0 Å². The Kier molecular flexibility index (Phi) is 4.24. The molecule has 0 radical (unpaired) electrons. The number of carbonyl (C=O) groups is 2. The first-order valence-corrected chi connectivity index (χ1v) is 6.80. The van der Waals surface area contributed by atoms with E-state index in [9.17, 15) is 9.59 Å². The number of likely N-dealkylation sites (tertiary alicyclic amines) is 1. The van der Waals surface area contributed by atoms with Crippen LogP contribution in [0.2, 0.25) is 0 Å². The number of hydrogen-bond donors (Lipinski definition) is 1. The molecule has 1 aliphatic carbocycles. The molecule has 1 fully saturated rings. The molecule has 0 bridgehead atoms. The number of carbonyl (C=O) groups excluding carboxylic acids is 1. The Hall–Kier alpha value is -1.36. The molecule has 2 rings (SSSR count). The molecule has 1 saturated heterocycles. The summed E-state index contributed by atoms with van der Waals surface area (Å²) in [5.74, 6) is -0.845. The van der Waals surface area contributed by atoms with Gasteiger partial charge in [0.25, 0.3) is 0 Å². The van der Waals surface area contributed by atoms with E-state index in [1.807, 2.05) is 6.92 Å². The van der Waals surface area contributed by atoms with E-state index < -0.39 is 11.6 Å². The van der Waals surface area contributed by atoms with Crippen molar-refractivity contribution < 1.29 is 19.4 Å². The number of allylic oxidation sites excluding steroid dienone is 1. The van der Waals surface area contributed by atoms with Gasteiger partial charge in [0.2, 0.25) is 5.91 Å². The summed E-state index contributed by atoms with van der Waals surface area (Å²) in [4.78, 5) is 24.2. The monoisotopic (exact) mass is 267 g/mol. The third kappa shape index (κ3) is 3.80. The van der Waals surface area contributed by atoms with Crippen molar-refractivity contribution in [2.45, 2.75) is 44.6 Å². The molecule has 0 atom stereocenters. The summed E-state index contributed by atoms with van der Waals surface area (Å²) in [5.41, 5.74) is 0.756. The predicted octanol–water partition coefficient (Wildman–Crippen LogP) is 1.58. The van der Waals surface area contributed by atoms with Crippen LogP contribution in [0.3, 0.4) is 0 Å². The van der Waals surface area contributed by atoms with Gasteiger partial charge in [0.15, 0.2) is 0 Å². The molecule has 5 heteroatoms. The van der Waals surface area contributed by atoms with E-state index in [-0.39, 0.29) is 12.5 Å². The van der Waals surface area contributed by atoms with E-state index in [4.69, 9.17) is 9.84 Å². The zero-order valence-corrected chi connectivity index (χ0v) is 11.4. The van der Waals surface area contributed by atoms with E-state index in [0.717, 1.165) is 12.8 Å². The van der Waals surface area contributed by atoms with Gasteiger partial charge >= 0.3 is 5.97 Å². The van der Waals surface area contributed by atoms with Crippen molar-refractivity contribution >= 4 is 11.9 Å². The van der Waals surface area contributed by atoms with Crippen LogP contribution in [0.4, 0.5) is 0 Å². The van der Waals surface area contributed by atoms with Crippen LogP contribution in [-0.2, 0) is 14.3 Å². The Morgan fingerprint density at radius 2 is 2.16 bits per heavy atom. The topological polar surface area (TPSA) is 66.8 Å². The molecule has 0 aromatic carbocycles. The van der Waals surface area contributed by atoms with Crippen LogP contribution >= 0.6 is 0 Å². The standard InChI is InChI=1S/C14H21NO4/c1-14(19-8-13(17)18)9-15(10-14)12(16)7-11-5-3-2-4-6-11/h5H,2-4,6-10H2,1H3,(H,17,18). The first kappa shape index (κ1) is 14.1. The molecule has 1 N–H and O–H groups in total. The van der Waals surface area contributed by atoms with Gasteiger partial charge in [-0.3, -0.25) is 4.79 Å². The SMILES string of the molecule is CC1(OCC(=O)O)CN(C(=O)CC2=CCCCC2)C1. The molecule has 1 aliphatic heterocycles. The van der Waals surface area contributed by atoms with Gasteiger partial charge in [-0.15, -0.1) is 0 Å². The number of hydrogen-bond acceptors (Lipinski definition) is 3. The van der Waals surface area contributed by atoms with Crippen molar-refractivity contribution in [3.05, 3.63) is 11.6 Å². The van der Waals surface area contributed by atoms with Crippen molar-refractivity contribution in [2.75, 3.05) is 19.7 Å². The number of carboxylic acids is 1. The van der Waals surface area contributed by atoms with Gasteiger partial charge in [-0.2, -0.15) is 0 Å². The fraction of sp³-hybridized carbons (Fsp3) is 0.714. The molecular weight excluding hydrogens is 246 g/mol. The molecule has 0 spiro atoms. The number of aliphatic carboxylic acids is 1. The van der Waals surface area contributed by atoms with E-state index in [1.54, 1.807) is 4.90 Å². The lowest BCUT2D eigenvalue weighted by Gasteiger charge is -2.47. The Morgan fingerprint density at radius 1 is 1.42 bits per heavy atom. The van der Waals surface area contributed by atoms with Crippen molar-refractivity contribution in [3.8, 4) is 0 Å². The highest BCUT2D eigenvalue weighted by Crippen LogP contribution is 2.27. The maximum absolute atomic E-state index is 12.0. The lowest BCUT2D eigenvalue weighted by atomic mass is 9.93. The summed E-state index contributed by atoms with van der Waals surface area (Å²) < 4.78 is 5.29. The number of rotatable bonds is 5. The molecule has 5 nitrogen and oxygen atoms in total. The maximum Gasteiger partial charge on any atom is 0.329 e. The second kappa shape index (κ2) is 5.74. The van der Waals surface area contributed by atoms with Crippen molar-refractivity contribution in [1.82, 2.24) is 4.90 Å². The minimum atomic E-state index is -0.974. The van der Waals surface area contributed by atoms with Gasteiger partial charge in [0.05, 0.1) is 13.1 Å². The van der Waals surface area contributed by atoms with Crippen LogP contribution in [0.15, 0.2) is 11.6 Å². The highest BCUT2D eigenvalue weighted by atomic mass is 16.5. The Bertz CT molecular complexity index is 396. The highest BCUT2D eigenvalue weighted by molar-refractivity contribution is 5.80. The molecular formula is C14H21NO4. The van der Waals surface area contributed by atoms with Crippen LogP contribution < -0.4 is 0 Å². The average molecular weight is 267 g/mol. The quantitative estimate of drug-likeness (QED) is 0.768. The number of amides is 1. The van der Waals surface area contributed by atoms with Gasteiger partial charge in [0, 0.05) is 6.42 Å². The normalized spacial score (nSPS) is 21.5. The first-order chi connectivity index (χ1) is 8.98. The van der Waals surface area contributed by atoms with Crippen LogP contribution in [0, 0.1) is 0 Å². The van der Waals surface area contributed by atoms with Gasteiger partial charge in [0.1, 0.15) is 12.2 Å². The molecule has 1 heterocycles. The molecule has 0 aromatic rings. The minimum Gasteiger partial charge on any atom is -0.480 e. The van der Waals surface area contributed by atoms with Crippen LogP contribution in [0.25, 0.3) is 0 Å². The van der Waals surface area contributed by atoms with Gasteiger partial charge in [-0.1, -0.05) is 11.6 Å². The largest absolute Gasteiger partial charge is 0.480 e. The zero-order valence-electron chi connectivity index (χ0n) is 11.4. The summed E-state index contributed by atoms with van der Waals surface area (Å²) in [6.45, 7) is 2.53. The van der Waals surface area contributed by atoms with Crippen molar-refractivity contribution in [3.63, 3.8) is 0 Å². The van der Waals surface area contributed by atoms with E-state index >= 15 is 0 Å². The van der Waals surface area contributed by atoms with Crippen LogP contribution in [0.1, 0.15) is 39.0 Å². The number of ether oxygens (including phenoxy) is 1. The summed E-state index contributed by atoms with van der Waals surface area (Å²) in [6.07, 6.45) is 7.21. The highest BCUT2D eigenvalue weighted by Gasteiger charge is 2.42. The Balaban J connectivity index is 1.74. The molecule has 0 aromatic heterocycles. The van der Waals surface area contributed by atoms with Crippen LogP contribution in [0.5, 0.6) is 0 Å². The third-order valence-electron chi connectivity index (χ3n) is 3.71. The molecule has 0 unspecified atom stereocenters. The van der Waals surface area contributed by atoms with Gasteiger partial charge in [-0.05, 0) is 32.6 Å². The molecule has 0 saturated carbocycles. The molecule has 106 valence electrons. The second-order valence-corrected chi connectivity index (χ2v) is 5.67. The second-order valence-electron chi connectivity index (χ2n) is 5.67. The van der Waals surface area contributed by atoms with Gasteiger partial charge < -0.3 is 14.7 Å². The summed E-state index contributed by atoms with van der Waals surface area (Å²) in [7, 11) is 0. The molecule has 19 heavy (non-hydrogen) atoms. The lowest BCUT2D eigenvalue weighted by Crippen LogP contribution is -2.63. The Morgan fingerprint density at radius 3 is 2.74 bits per heavy atom. The maximum atomic E-state index is 12.0. The zero-order chi connectivity index (χ0) is 13.9. The summed E-state index contributed by atoms with van der Waals surface area (Å²) in [6, 6.07) is 0. The predicted molar refractivity (Wildman–Crippen MR) is 69.7 cm³/mol. The van der Waals surface area contributed by atoms with E-state index in [0.29, 0.717) is 19.5 Å². The summed E-state index contributed by atoms with van der Waals surface area (Å²) >= 11 is 0. The average Bonchev–Trinajstić information content (AvgIpc) is 2.34. The van der Waals surface area contributed by atoms with Gasteiger partial charge in [-0.25, -0.2) is 4.79 Å². The molecule has 2 aliphatic rings. The number of carboxylic acid groups (broad SMARTS) is 1. The summed E-state index contributed by atoms with van der Waals surface area (Å²) in [5, 5.41) is 8.57. The fourth-order valence-corrected chi connectivity index (χ4v) is 2.64. The minimum absolute atomic E-state index is 0.129. The van der Waals surface area contributed by atoms with E-state index in [2.05, 4.69) is 6.08 Å². The third-order valence-corrected chi connectivity index (χ3v) is 3.71. The number of nitrogens with zero attached hydrogens (tertiary/aromatic N) is 1. The smallest absolute Gasteiger partial charge is 0.329 e. The lowest BCUT2D eigenvalue weighted by molar-refractivity contribution is -0.172.